The normalized spacial score (nSPS) is 10.4. The monoisotopic (exact) mass is 259 g/mol. The average molecular weight is 260 g/mol. The molecule has 1 N–H and O–H groups in total. The second-order valence-electron chi connectivity index (χ2n) is 2.94. The third kappa shape index (κ3) is 2.47. The van der Waals surface area contributed by atoms with E-state index >= 15 is 0 Å². The molecule has 0 spiro atoms. The maximum atomic E-state index is 8.79. The van der Waals surface area contributed by atoms with Crippen molar-refractivity contribution in [3.63, 3.8) is 0 Å². The minimum absolute atomic E-state index is 0.0215. The van der Waals surface area contributed by atoms with E-state index in [1.165, 1.54) is 6.26 Å². The zero-order valence-corrected chi connectivity index (χ0v) is 9.50. The molecule has 0 amide bonds. The molecule has 0 bridgehead atoms. The van der Waals surface area contributed by atoms with Crippen LogP contribution >= 0.6 is 23.2 Å². The van der Waals surface area contributed by atoms with Crippen LogP contribution in [0.25, 0.3) is 0 Å². The Hall–Kier alpha value is -1.23. The van der Waals surface area contributed by atoms with Crippen molar-refractivity contribution >= 4 is 23.2 Å². The smallest absolute Gasteiger partial charge is 0.399 e. The number of aliphatic hydroxyl groups excluding tert-OH is 1. The molecule has 0 unspecified atom stereocenters. The Morgan fingerprint density at radius 1 is 1.38 bits per heavy atom. The molecule has 0 aliphatic rings. The third-order valence-electron chi connectivity index (χ3n) is 1.78. The summed E-state index contributed by atoms with van der Waals surface area (Å²) in [6.45, 7) is -0.207. The summed E-state index contributed by atoms with van der Waals surface area (Å²) in [4.78, 5) is 3.86. The van der Waals surface area contributed by atoms with Crippen LogP contribution in [-0.4, -0.2) is 10.1 Å². The van der Waals surface area contributed by atoms with Crippen LogP contribution in [0.2, 0.25) is 10.0 Å². The molecule has 4 nitrogen and oxygen atoms in total. The van der Waals surface area contributed by atoms with E-state index < -0.39 is 0 Å². The van der Waals surface area contributed by atoms with E-state index in [-0.39, 0.29) is 12.7 Å². The number of ether oxygens (including phenoxy) is 1. The maximum Gasteiger partial charge on any atom is 0.399 e. The van der Waals surface area contributed by atoms with Gasteiger partial charge in [0.05, 0.1) is 11.6 Å². The average Bonchev–Trinajstić information content (AvgIpc) is 2.70. The lowest BCUT2D eigenvalue weighted by atomic mass is 10.3. The number of halogens is 2. The number of hydrogen-bond donors (Lipinski definition) is 1. The number of aromatic nitrogens is 1. The summed E-state index contributed by atoms with van der Waals surface area (Å²) in [6, 6.07) is 4.79. The molecule has 0 aliphatic carbocycles. The molecule has 0 fully saturated rings. The Kier molecular flexibility index (Phi) is 3.33. The van der Waals surface area contributed by atoms with Crippen LogP contribution in [0.1, 0.15) is 5.69 Å². The third-order valence-corrected chi connectivity index (χ3v) is 2.31. The lowest BCUT2D eigenvalue weighted by Crippen LogP contribution is -1.87. The molecule has 2 rings (SSSR count). The zero-order chi connectivity index (χ0) is 11.5. The van der Waals surface area contributed by atoms with E-state index in [1.54, 1.807) is 18.2 Å². The molecule has 84 valence electrons. The predicted octanol–water partition coefficient (Wildman–Crippen LogP) is 3.27. The predicted molar refractivity (Wildman–Crippen MR) is 59.0 cm³/mol. The molecule has 0 saturated carbocycles. The SMILES string of the molecule is OCc1coc(Oc2ccc(Cl)cc2Cl)n1. The molecule has 6 heteroatoms. The minimum atomic E-state index is -0.207. The highest BCUT2D eigenvalue weighted by atomic mass is 35.5. The van der Waals surface area contributed by atoms with Gasteiger partial charge in [0, 0.05) is 5.02 Å². The van der Waals surface area contributed by atoms with Crippen molar-refractivity contribution in [1.29, 1.82) is 0 Å². The highest BCUT2D eigenvalue weighted by Crippen LogP contribution is 2.31. The molecular formula is C10H7Cl2NO3. The molecule has 0 radical (unpaired) electrons. The summed E-state index contributed by atoms with van der Waals surface area (Å²) < 4.78 is 10.2. The second kappa shape index (κ2) is 4.74. The topological polar surface area (TPSA) is 55.5 Å². The summed E-state index contributed by atoms with van der Waals surface area (Å²) in [7, 11) is 0. The Morgan fingerprint density at radius 3 is 2.81 bits per heavy atom. The van der Waals surface area contributed by atoms with Gasteiger partial charge in [0.25, 0.3) is 0 Å². The summed E-state index contributed by atoms with van der Waals surface area (Å²) in [5.41, 5.74) is 0.389. The molecule has 1 heterocycles. The fraction of sp³-hybridized carbons (Fsp3) is 0.100. The summed E-state index contributed by atoms with van der Waals surface area (Å²) in [5, 5.41) is 9.66. The summed E-state index contributed by atoms with van der Waals surface area (Å²) in [6.07, 6.45) is 1.33. The molecule has 1 aromatic carbocycles. The van der Waals surface area contributed by atoms with Crippen LogP contribution in [0.3, 0.4) is 0 Å². The van der Waals surface area contributed by atoms with Crippen LogP contribution in [0.4, 0.5) is 0 Å². The number of benzene rings is 1. The van der Waals surface area contributed by atoms with Gasteiger partial charge in [-0.05, 0) is 18.2 Å². The molecule has 0 atom stereocenters. The van der Waals surface area contributed by atoms with Crippen LogP contribution in [0.15, 0.2) is 28.9 Å². The summed E-state index contributed by atoms with van der Waals surface area (Å²) >= 11 is 11.6. The van der Waals surface area contributed by atoms with Crippen molar-refractivity contribution < 1.29 is 14.3 Å². The first kappa shape index (κ1) is 11.3. The molecule has 0 saturated heterocycles. The Bertz CT molecular complexity index is 499. The first-order valence-corrected chi connectivity index (χ1v) is 5.13. The van der Waals surface area contributed by atoms with Crippen molar-refractivity contribution in [2.75, 3.05) is 0 Å². The van der Waals surface area contributed by atoms with Gasteiger partial charge in [-0.15, -0.1) is 0 Å². The summed E-state index contributed by atoms with van der Waals surface area (Å²) in [5.74, 6) is 0.386. The molecule has 0 aliphatic heterocycles. The van der Waals surface area contributed by atoms with Gasteiger partial charge in [-0.2, -0.15) is 4.98 Å². The molecule has 1 aromatic heterocycles. The van der Waals surface area contributed by atoms with E-state index in [0.717, 1.165) is 0 Å². The number of hydrogen-bond acceptors (Lipinski definition) is 4. The number of aliphatic hydroxyl groups is 1. The number of nitrogens with zero attached hydrogens (tertiary/aromatic N) is 1. The lowest BCUT2D eigenvalue weighted by Gasteiger charge is -2.02. The van der Waals surface area contributed by atoms with Crippen molar-refractivity contribution in [3.05, 3.63) is 40.2 Å². The van der Waals surface area contributed by atoms with E-state index in [1.807, 2.05) is 0 Å². The van der Waals surface area contributed by atoms with E-state index in [2.05, 4.69) is 4.98 Å². The van der Waals surface area contributed by atoms with Gasteiger partial charge in [-0.3, -0.25) is 0 Å². The van der Waals surface area contributed by atoms with E-state index in [0.29, 0.717) is 21.5 Å². The van der Waals surface area contributed by atoms with Gasteiger partial charge < -0.3 is 14.3 Å². The standard InChI is InChI=1S/C10H7Cl2NO3/c11-6-1-2-9(8(12)3-6)16-10-13-7(4-14)5-15-10/h1-3,5,14H,4H2. The van der Waals surface area contributed by atoms with Gasteiger partial charge >= 0.3 is 6.08 Å². The van der Waals surface area contributed by atoms with Crippen molar-refractivity contribution in [2.45, 2.75) is 6.61 Å². The molecule has 16 heavy (non-hydrogen) atoms. The van der Waals surface area contributed by atoms with Gasteiger partial charge in [-0.25, -0.2) is 0 Å². The second-order valence-corrected chi connectivity index (χ2v) is 3.78. The van der Waals surface area contributed by atoms with Crippen LogP contribution in [0, 0.1) is 0 Å². The zero-order valence-electron chi connectivity index (χ0n) is 7.98. The maximum absolute atomic E-state index is 8.79. The number of oxazole rings is 1. The first-order valence-electron chi connectivity index (χ1n) is 4.37. The largest absolute Gasteiger partial charge is 0.417 e. The van der Waals surface area contributed by atoms with Gasteiger partial charge in [0.15, 0.2) is 5.75 Å². The van der Waals surface area contributed by atoms with E-state index in [4.69, 9.17) is 37.5 Å². The van der Waals surface area contributed by atoms with Crippen molar-refractivity contribution in [1.82, 2.24) is 4.98 Å². The fourth-order valence-corrected chi connectivity index (χ4v) is 1.51. The number of rotatable bonds is 3. The highest BCUT2D eigenvalue weighted by Gasteiger charge is 2.08. The van der Waals surface area contributed by atoms with Crippen LogP contribution in [-0.2, 0) is 6.61 Å². The highest BCUT2D eigenvalue weighted by molar-refractivity contribution is 6.35. The quantitative estimate of drug-likeness (QED) is 0.920. The van der Waals surface area contributed by atoms with Crippen molar-refractivity contribution in [2.24, 2.45) is 0 Å². The Morgan fingerprint density at radius 2 is 2.19 bits per heavy atom. The van der Waals surface area contributed by atoms with Gasteiger partial charge in [0.2, 0.25) is 0 Å². The lowest BCUT2D eigenvalue weighted by molar-refractivity contribution is 0.276. The van der Waals surface area contributed by atoms with Gasteiger partial charge in [-0.1, -0.05) is 23.2 Å². The van der Waals surface area contributed by atoms with Crippen molar-refractivity contribution in [3.8, 4) is 11.8 Å². The Balaban J connectivity index is 2.20. The first-order chi connectivity index (χ1) is 7.69. The van der Waals surface area contributed by atoms with Crippen LogP contribution in [0.5, 0.6) is 11.8 Å². The minimum Gasteiger partial charge on any atom is -0.417 e. The van der Waals surface area contributed by atoms with Gasteiger partial charge in [0.1, 0.15) is 12.0 Å². The van der Waals surface area contributed by atoms with Crippen LogP contribution < -0.4 is 4.74 Å². The molecule has 2 aromatic rings. The fourth-order valence-electron chi connectivity index (χ4n) is 1.06. The molecular weight excluding hydrogens is 253 g/mol. The Labute approximate surface area is 101 Å². The van der Waals surface area contributed by atoms with E-state index in [9.17, 15) is 0 Å².